The molecule has 9 heteroatoms. The number of hydrogen-bond donors (Lipinski definition) is 1. The number of carbonyl (C=O) groups excluding carboxylic acids is 2. The lowest BCUT2D eigenvalue weighted by molar-refractivity contribution is -0.140. The van der Waals surface area contributed by atoms with Gasteiger partial charge in [-0.15, -0.1) is 0 Å². The molecule has 224 valence electrons. The number of anilines is 1. The van der Waals surface area contributed by atoms with Crippen LogP contribution in [0.3, 0.4) is 0 Å². The van der Waals surface area contributed by atoms with Crippen LogP contribution in [0.25, 0.3) is 0 Å². The highest BCUT2D eigenvalue weighted by Gasteiger charge is 2.35. The summed E-state index contributed by atoms with van der Waals surface area (Å²) < 4.78 is 43.8. The summed E-state index contributed by atoms with van der Waals surface area (Å²) in [7, 11) is -4.36. The molecule has 0 aromatic heterocycles. The zero-order valence-electron chi connectivity index (χ0n) is 24.5. The molecule has 0 radical (unpaired) electrons. The maximum atomic E-state index is 15.2. The summed E-state index contributed by atoms with van der Waals surface area (Å²) in [6.07, 6.45) is 0.197. The van der Waals surface area contributed by atoms with Crippen LogP contribution in [0, 0.1) is 12.7 Å². The van der Waals surface area contributed by atoms with Gasteiger partial charge in [-0.25, -0.2) is 12.8 Å². The van der Waals surface area contributed by atoms with Crippen molar-refractivity contribution in [3.05, 3.63) is 132 Å². The average Bonchev–Trinajstić information content (AvgIpc) is 2.99. The lowest BCUT2D eigenvalue weighted by atomic mass is 10.0. The molecule has 0 spiro atoms. The zero-order valence-corrected chi connectivity index (χ0v) is 25.3. The van der Waals surface area contributed by atoms with Crippen molar-refractivity contribution in [2.75, 3.05) is 10.8 Å². The van der Waals surface area contributed by atoms with Crippen molar-refractivity contribution in [2.24, 2.45) is 0 Å². The Bertz CT molecular complexity index is 1650. The first-order valence-corrected chi connectivity index (χ1v) is 15.5. The molecular formula is C34H36FN3O4S. The van der Waals surface area contributed by atoms with Crippen LogP contribution in [0.15, 0.2) is 114 Å². The van der Waals surface area contributed by atoms with Gasteiger partial charge >= 0.3 is 0 Å². The number of amides is 2. The molecule has 0 heterocycles. The number of hydrogen-bond acceptors (Lipinski definition) is 4. The Labute approximate surface area is 253 Å². The summed E-state index contributed by atoms with van der Waals surface area (Å²) >= 11 is 0. The molecule has 0 bridgehead atoms. The van der Waals surface area contributed by atoms with E-state index in [1.165, 1.54) is 35.2 Å². The van der Waals surface area contributed by atoms with Gasteiger partial charge in [-0.05, 0) is 61.7 Å². The van der Waals surface area contributed by atoms with Gasteiger partial charge in [-0.2, -0.15) is 0 Å². The van der Waals surface area contributed by atoms with Crippen LogP contribution in [0.2, 0.25) is 0 Å². The second kappa shape index (κ2) is 14.1. The van der Waals surface area contributed by atoms with Gasteiger partial charge in [0, 0.05) is 19.0 Å². The van der Waals surface area contributed by atoms with Crippen LogP contribution >= 0.6 is 0 Å². The van der Waals surface area contributed by atoms with Gasteiger partial charge in [0.25, 0.3) is 10.0 Å². The summed E-state index contributed by atoms with van der Waals surface area (Å²) in [6, 6.07) is 28.6. The fourth-order valence-electron chi connectivity index (χ4n) is 4.79. The monoisotopic (exact) mass is 601 g/mol. The minimum absolute atomic E-state index is 0.0466. The van der Waals surface area contributed by atoms with Crippen molar-refractivity contribution >= 4 is 27.5 Å². The van der Waals surface area contributed by atoms with Gasteiger partial charge in [0.15, 0.2) is 0 Å². The summed E-state index contributed by atoms with van der Waals surface area (Å²) in [4.78, 5) is 29.4. The number of nitrogens with zero attached hydrogens (tertiary/aromatic N) is 2. The molecule has 0 saturated carbocycles. The van der Waals surface area contributed by atoms with E-state index >= 15 is 4.39 Å². The van der Waals surface area contributed by atoms with Crippen molar-refractivity contribution in [3.63, 3.8) is 0 Å². The quantitative estimate of drug-likeness (QED) is 0.233. The first kappa shape index (κ1) is 31.4. The van der Waals surface area contributed by atoms with Gasteiger partial charge in [-0.1, -0.05) is 84.9 Å². The van der Waals surface area contributed by atoms with E-state index in [2.05, 4.69) is 5.32 Å². The molecular weight excluding hydrogens is 565 g/mol. The van der Waals surface area contributed by atoms with E-state index in [1.54, 1.807) is 18.2 Å². The molecule has 4 rings (SSSR count). The number of nitrogens with one attached hydrogen (secondary N) is 1. The molecule has 0 aliphatic heterocycles. The van der Waals surface area contributed by atoms with Crippen LogP contribution in [-0.2, 0) is 32.6 Å². The lowest BCUT2D eigenvalue weighted by Gasteiger charge is -2.34. The SMILES string of the molecule is Cc1ccccc1CN(C(=O)CN(c1ccccc1F)S(=O)(=O)c1ccccc1)C(Cc1ccccc1)C(=O)NC(C)C. The van der Waals surface area contributed by atoms with E-state index in [9.17, 15) is 18.0 Å². The third-order valence-electron chi connectivity index (χ3n) is 7.04. The van der Waals surface area contributed by atoms with E-state index < -0.39 is 34.3 Å². The average molecular weight is 602 g/mol. The number of halogens is 1. The third kappa shape index (κ3) is 7.87. The van der Waals surface area contributed by atoms with E-state index in [4.69, 9.17) is 0 Å². The van der Waals surface area contributed by atoms with Crippen molar-refractivity contribution in [1.82, 2.24) is 10.2 Å². The second-order valence-corrected chi connectivity index (χ2v) is 12.5. The molecule has 43 heavy (non-hydrogen) atoms. The third-order valence-corrected chi connectivity index (χ3v) is 8.81. The molecule has 1 N–H and O–H groups in total. The summed E-state index contributed by atoms with van der Waals surface area (Å²) in [6.45, 7) is 4.90. The number of carbonyl (C=O) groups is 2. The minimum Gasteiger partial charge on any atom is -0.352 e. The normalized spacial score (nSPS) is 12.0. The Kier molecular flexibility index (Phi) is 10.3. The Morgan fingerprint density at radius 2 is 1.40 bits per heavy atom. The fourth-order valence-corrected chi connectivity index (χ4v) is 6.24. The second-order valence-electron chi connectivity index (χ2n) is 10.6. The molecule has 0 saturated heterocycles. The molecule has 0 aliphatic rings. The largest absolute Gasteiger partial charge is 0.352 e. The maximum absolute atomic E-state index is 15.2. The molecule has 4 aromatic rings. The van der Waals surface area contributed by atoms with Crippen molar-refractivity contribution in [2.45, 2.75) is 50.7 Å². The predicted octanol–water partition coefficient (Wildman–Crippen LogP) is 5.49. The minimum atomic E-state index is -4.36. The molecule has 0 fully saturated rings. The van der Waals surface area contributed by atoms with Gasteiger partial charge in [0.1, 0.15) is 18.4 Å². The van der Waals surface area contributed by atoms with Crippen LogP contribution < -0.4 is 9.62 Å². The fraction of sp³-hybridized carbons (Fsp3) is 0.235. The Balaban J connectivity index is 1.82. The molecule has 4 aromatic carbocycles. The smallest absolute Gasteiger partial charge is 0.264 e. The Hall–Kier alpha value is -4.50. The van der Waals surface area contributed by atoms with Gasteiger partial charge < -0.3 is 10.2 Å². The standard InChI is InChI=1S/C34H36FN3O4S/c1-25(2)36-34(40)32(22-27-15-6-4-7-16-27)37(23-28-17-11-10-14-26(28)3)33(39)24-38(31-21-13-12-20-30(31)35)43(41,42)29-18-8-5-9-19-29/h4-21,25,32H,22-24H2,1-3H3,(H,36,40). The van der Waals surface area contributed by atoms with Gasteiger partial charge in [-0.3, -0.25) is 13.9 Å². The Morgan fingerprint density at radius 1 is 0.814 bits per heavy atom. The Morgan fingerprint density at radius 3 is 2.02 bits per heavy atom. The number of sulfonamides is 1. The molecule has 1 atom stereocenters. The molecule has 0 aliphatic carbocycles. The maximum Gasteiger partial charge on any atom is 0.264 e. The van der Waals surface area contributed by atoms with Crippen molar-refractivity contribution in [3.8, 4) is 0 Å². The van der Waals surface area contributed by atoms with Crippen LogP contribution in [0.4, 0.5) is 10.1 Å². The van der Waals surface area contributed by atoms with E-state index in [0.29, 0.717) is 0 Å². The molecule has 2 amide bonds. The summed E-state index contributed by atoms with van der Waals surface area (Å²) in [5.41, 5.74) is 2.28. The van der Waals surface area contributed by atoms with E-state index in [0.717, 1.165) is 27.1 Å². The molecule has 7 nitrogen and oxygen atoms in total. The summed E-state index contributed by atoms with van der Waals surface area (Å²) in [5.74, 6) is -1.81. The van der Waals surface area contributed by atoms with E-state index in [-0.39, 0.29) is 35.5 Å². The number of para-hydroxylation sites is 1. The lowest BCUT2D eigenvalue weighted by Crippen LogP contribution is -2.54. The zero-order chi connectivity index (χ0) is 31.0. The van der Waals surface area contributed by atoms with Crippen LogP contribution in [0.1, 0.15) is 30.5 Å². The first-order valence-electron chi connectivity index (χ1n) is 14.1. The highest BCUT2D eigenvalue weighted by atomic mass is 32.2. The predicted molar refractivity (Wildman–Crippen MR) is 166 cm³/mol. The topological polar surface area (TPSA) is 86.8 Å². The number of rotatable bonds is 12. The van der Waals surface area contributed by atoms with Crippen LogP contribution in [0.5, 0.6) is 0 Å². The number of aryl methyl sites for hydroxylation is 1. The van der Waals surface area contributed by atoms with E-state index in [1.807, 2.05) is 75.4 Å². The summed E-state index contributed by atoms with van der Waals surface area (Å²) in [5, 5.41) is 2.92. The van der Waals surface area contributed by atoms with Crippen LogP contribution in [-0.4, -0.2) is 43.8 Å². The van der Waals surface area contributed by atoms with Crippen molar-refractivity contribution in [1.29, 1.82) is 0 Å². The first-order chi connectivity index (χ1) is 20.6. The van der Waals surface area contributed by atoms with Gasteiger partial charge in [0.2, 0.25) is 11.8 Å². The highest BCUT2D eigenvalue weighted by molar-refractivity contribution is 7.92. The number of benzene rings is 4. The van der Waals surface area contributed by atoms with Crippen molar-refractivity contribution < 1.29 is 22.4 Å². The highest BCUT2D eigenvalue weighted by Crippen LogP contribution is 2.27. The molecule has 1 unspecified atom stereocenters. The van der Waals surface area contributed by atoms with Gasteiger partial charge in [0.05, 0.1) is 10.6 Å².